The molecule has 10 nitrogen and oxygen atoms in total. The van der Waals surface area contributed by atoms with E-state index in [1.165, 1.54) is 11.5 Å². The summed E-state index contributed by atoms with van der Waals surface area (Å²) in [6.07, 6.45) is 10.7. The SMILES string of the molecule is c1c[nH]c(C2=C(c3ncc[nH]3)S(c3csnn3)(c3cnsn3)C(c3ccco3)=C2c2ccn[nH]2)c1. The minimum Gasteiger partial charge on any atom is -0.464 e. The minimum absolute atomic E-state index is 0.705. The molecule has 7 heterocycles. The van der Waals surface area contributed by atoms with Crippen molar-refractivity contribution in [2.75, 3.05) is 0 Å². The number of H-pyrrole nitrogens is 3. The summed E-state index contributed by atoms with van der Waals surface area (Å²) in [5, 5.41) is 15.6. The highest BCUT2D eigenvalue weighted by Gasteiger charge is 2.52. The Morgan fingerprint density at radius 2 is 1.89 bits per heavy atom. The molecule has 0 fully saturated rings. The summed E-state index contributed by atoms with van der Waals surface area (Å²) in [4.78, 5) is 13.4. The van der Waals surface area contributed by atoms with Crippen LogP contribution in [0.1, 0.15) is 23.0 Å². The Kier molecular flexibility index (Phi) is 4.65. The average Bonchev–Trinajstić information content (AvgIpc) is 3.71. The van der Waals surface area contributed by atoms with Gasteiger partial charge in [-0.15, -0.1) is 5.10 Å². The lowest BCUT2D eigenvalue weighted by Crippen LogP contribution is -2.07. The van der Waals surface area contributed by atoms with Crippen LogP contribution in [0.2, 0.25) is 0 Å². The van der Waals surface area contributed by atoms with Crippen LogP contribution in [0.3, 0.4) is 0 Å². The third-order valence-electron chi connectivity index (χ3n) is 5.72. The fraction of sp³-hybridized carbons (Fsp3) is 0. The van der Waals surface area contributed by atoms with E-state index in [9.17, 15) is 0 Å². The summed E-state index contributed by atoms with van der Waals surface area (Å²) >= 11 is 2.46. The van der Waals surface area contributed by atoms with Gasteiger partial charge >= 0.3 is 0 Å². The maximum Gasteiger partial charge on any atom is 0.143 e. The fourth-order valence-corrected chi connectivity index (χ4v) is 9.97. The van der Waals surface area contributed by atoms with Gasteiger partial charge in [0, 0.05) is 47.0 Å². The maximum atomic E-state index is 6.10. The van der Waals surface area contributed by atoms with Gasteiger partial charge in [0.05, 0.1) is 39.7 Å². The summed E-state index contributed by atoms with van der Waals surface area (Å²) < 4.78 is 19.6. The molecule has 1 unspecified atom stereocenters. The Morgan fingerprint density at radius 3 is 2.54 bits per heavy atom. The number of aromatic amines is 3. The van der Waals surface area contributed by atoms with Gasteiger partial charge in [-0.25, -0.2) is 4.98 Å². The van der Waals surface area contributed by atoms with Crippen molar-refractivity contribution in [3.05, 3.63) is 95.9 Å². The lowest BCUT2D eigenvalue weighted by Gasteiger charge is -2.36. The molecule has 1 aliphatic heterocycles. The van der Waals surface area contributed by atoms with Crippen molar-refractivity contribution in [3.8, 4) is 0 Å². The number of hydrogen-bond acceptors (Lipinski definition) is 9. The van der Waals surface area contributed by atoms with Crippen LogP contribution < -0.4 is 0 Å². The van der Waals surface area contributed by atoms with Crippen molar-refractivity contribution in [3.63, 3.8) is 0 Å². The molecule has 0 aliphatic carbocycles. The molecule has 3 N–H and O–H groups in total. The lowest BCUT2D eigenvalue weighted by molar-refractivity contribution is 0.556. The van der Waals surface area contributed by atoms with E-state index < -0.39 is 10.0 Å². The van der Waals surface area contributed by atoms with Crippen LogP contribution in [0.15, 0.2) is 87.4 Å². The number of furan rings is 1. The largest absolute Gasteiger partial charge is 0.464 e. The van der Waals surface area contributed by atoms with Crippen molar-refractivity contribution in [1.29, 1.82) is 0 Å². The number of rotatable bonds is 6. The van der Waals surface area contributed by atoms with Crippen LogP contribution in [0.5, 0.6) is 0 Å². The lowest BCUT2D eigenvalue weighted by atomic mass is 9.98. The van der Waals surface area contributed by atoms with E-state index in [1.54, 1.807) is 18.7 Å². The van der Waals surface area contributed by atoms with Crippen LogP contribution in [0.25, 0.3) is 21.0 Å². The molecule has 7 rings (SSSR count). The molecule has 0 aromatic carbocycles. The van der Waals surface area contributed by atoms with E-state index in [0.717, 1.165) is 54.1 Å². The molecule has 0 spiro atoms. The van der Waals surface area contributed by atoms with E-state index in [1.807, 2.05) is 54.3 Å². The van der Waals surface area contributed by atoms with Crippen LogP contribution in [-0.4, -0.2) is 43.5 Å². The van der Waals surface area contributed by atoms with Gasteiger partial charge < -0.3 is 14.4 Å². The smallest absolute Gasteiger partial charge is 0.143 e. The van der Waals surface area contributed by atoms with Gasteiger partial charge in [0.25, 0.3) is 0 Å². The van der Waals surface area contributed by atoms with Crippen molar-refractivity contribution >= 4 is 54.2 Å². The Morgan fingerprint density at radius 1 is 0.914 bits per heavy atom. The Balaban J connectivity index is 1.74. The molecule has 13 heteroatoms. The van der Waals surface area contributed by atoms with Crippen molar-refractivity contribution < 1.29 is 4.42 Å². The summed E-state index contributed by atoms with van der Waals surface area (Å²) in [5.41, 5.74) is 3.65. The second kappa shape index (κ2) is 8.01. The van der Waals surface area contributed by atoms with Gasteiger partial charge in [-0.05, 0) is 41.9 Å². The molecule has 172 valence electrons. The first-order valence-corrected chi connectivity index (χ1v) is 13.6. The quantitative estimate of drug-likeness (QED) is 0.278. The van der Waals surface area contributed by atoms with Gasteiger partial charge in [-0.1, -0.05) is 14.5 Å². The first-order chi connectivity index (χ1) is 17.4. The number of nitrogens with zero attached hydrogens (tertiary/aromatic N) is 6. The van der Waals surface area contributed by atoms with Crippen LogP contribution in [0, 0.1) is 0 Å². The Hall–Kier alpha value is -4.07. The third-order valence-corrected chi connectivity index (χ3v) is 10.6. The zero-order chi connectivity index (χ0) is 23.2. The molecule has 0 saturated heterocycles. The van der Waals surface area contributed by atoms with E-state index >= 15 is 0 Å². The molecule has 1 atom stereocenters. The fourth-order valence-electron chi connectivity index (χ4n) is 4.47. The van der Waals surface area contributed by atoms with Gasteiger partial charge in [-0.3, -0.25) is 5.10 Å². The van der Waals surface area contributed by atoms with Crippen molar-refractivity contribution in [2.24, 2.45) is 0 Å². The van der Waals surface area contributed by atoms with E-state index in [0.29, 0.717) is 11.6 Å². The molecule has 0 amide bonds. The van der Waals surface area contributed by atoms with Crippen molar-refractivity contribution in [2.45, 2.75) is 10.1 Å². The van der Waals surface area contributed by atoms with Crippen LogP contribution in [-0.2, 0) is 0 Å². The highest BCUT2D eigenvalue weighted by Crippen LogP contribution is 2.83. The Bertz CT molecular complexity index is 1490. The van der Waals surface area contributed by atoms with Gasteiger partial charge in [0.15, 0.2) is 0 Å². The molecule has 1 aliphatic rings. The summed E-state index contributed by atoms with van der Waals surface area (Å²) in [6.45, 7) is 0. The number of nitrogens with one attached hydrogen (secondary N) is 3. The summed E-state index contributed by atoms with van der Waals surface area (Å²) in [7, 11) is -2.33. The molecule has 35 heavy (non-hydrogen) atoms. The normalized spacial score (nSPS) is 20.0. The number of hydrogen-bond donors (Lipinski definition) is 3. The van der Waals surface area contributed by atoms with Crippen LogP contribution in [0.4, 0.5) is 0 Å². The van der Waals surface area contributed by atoms with Gasteiger partial charge in [0.2, 0.25) is 0 Å². The zero-order valence-electron chi connectivity index (χ0n) is 17.7. The average molecular weight is 518 g/mol. The summed E-state index contributed by atoms with van der Waals surface area (Å²) in [5.74, 6) is 1.42. The second-order valence-electron chi connectivity index (χ2n) is 7.48. The molecular weight excluding hydrogens is 503 g/mol. The first-order valence-electron chi connectivity index (χ1n) is 10.4. The topological polar surface area (TPSA) is 138 Å². The van der Waals surface area contributed by atoms with Gasteiger partial charge in [-0.2, -0.15) is 13.8 Å². The Labute approximate surface area is 207 Å². The van der Waals surface area contributed by atoms with Crippen molar-refractivity contribution in [1.82, 2.24) is 43.5 Å². The molecule has 6 aromatic rings. The second-order valence-corrected chi connectivity index (χ2v) is 11.5. The number of allylic oxidation sites excluding steroid dienone is 2. The number of imidazole rings is 1. The predicted octanol–water partition coefficient (Wildman–Crippen LogP) is 5.13. The first kappa shape index (κ1) is 20.3. The molecular formula is C22H15N9OS3. The number of aromatic nitrogens is 9. The van der Waals surface area contributed by atoms with Gasteiger partial charge in [0.1, 0.15) is 21.6 Å². The highest BCUT2D eigenvalue weighted by atomic mass is 32.3. The van der Waals surface area contributed by atoms with E-state index in [2.05, 4.69) is 34.1 Å². The van der Waals surface area contributed by atoms with E-state index in [4.69, 9.17) is 13.8 Å². The molecule has 6 aromatic heterocycles. The standard InChI is InChI=1S/C22H15N9OS3/c1-3-13(23-6-1)18-19(14-5-7-26-28-14)20(15-4-2-10-32-15)35(16-11-27-34-30-16,17-12-33-31-29-17)21(18)22-24-8-9-25-22/h1-12,23H,(H,24,25)(H,26,28). The molecule has 0 saturated carbocycles. The molecule has 0 bridgehead atoms. The highest BCUT2D eigenvalue weighted by molar-refractivity contribution is 8.48. The summed E-state index contributed by atoms with van der Waals surface area (Å²) in [6, 6.07) is 9.82. The molecule has 0 radical (unpaired) electrons. The minimum atomic E-state index is -2.33. The monoisotopic (exact) mass is 517 g/mol. The maximum absolute atomic E-state index is 6.10. The zero-order valence-corrected chi connectivity index (χ0v) is 20.2. The predicted molar refractivity (Wildman–Crippen MR) is 134 cm³/mol. The van der Waals surface area contributed by atoms with Crippen LogP contribution >= 0.6 is 33.3 Å². The van der Waals surface area contributed by atoms with E-state index in [-0.39, 0.29) is 0 Å². The third kappa shape index (κ3) is 2.89.